The van der Waals surface area contributed by atoms with E-state index in [9.17, 15) is 4.79 Å². The third-order valence-electron chi connectivity index (χ3n) is 3.69. The van der Waals surface area contributed by atoms with E-state index in [1.54, 1.807) is 18.2 Å². The van der Waals surface area contributed by atoms with Crippen molar-refractivity contribution < 1.29 is 19.0 Å². The van der Waals surface area contributed by atoms with Crippen LogP contribution in [0.5, 0.6) is 11.5 Å². The maximum absolute atomic E-state index is 12.4. The highest BCUT2D eigenvalue weighted by atomic mass is 16.5. The van der Waals surface area contributed by atoms with Crippen molar-refractivity contribution in [3.05, 3.63) is 23.8 Å². The lowest BCUT2D eigenvalue weighted by Gasteiger charge is -2.42. The van der Waals surface area contributed by atoms with Crippen LogP contribution in [0.1, 0.15) is 23.7 Å². The van der Waals surface area contributed by atoms with Crippen LogP contribution < -0.4 is 20.5 Å². The van der Waals surface area contributed by atoms with E-state index in [1.807, 2.05) is 6.92 Å². The van der Waals surface area contributed by atoms with Gasteiger partial charge in [0.1, 0.15) is 0 Å². The van der Waals surface area contributed by atoms with E-state index >= 15 is 0 Å². The summed E-state index contributed by atoms with van der Waals surface area (Å²) >= 11 is 0. The maximum Gasteiger partial charge on any atom is 0.255 e. The minimum Gasteiger partial charge on any atom is -0.493 e. The van der Waals surface area contributed by atoms with Gasteiger partial charge >= 0.3 is 0 Å². The van der Waals surface area contributed by atoms with Gasteiger partial charge in [-0.05, 0) is 25.5 Å². The van der Waals surface area contributed by atoms with Crippen molar-refractivity contribution in [1.29, 1.82) is 0 Å². The van der Waals surface area contributed by atoms with Gasteiger partial charge in [0.15, 0.2) is 11.5 Å². The zero-order chi connectivity index (χ0) is 15.4. The minimum atomic E-state index is -0.240. The molecule has 2 rings (SSSR count). The molecule has 1 aromatic carbocycles. The highest BCUT2D eigenvalue weighted by Gasteiger charge is 2.40. The molecule has 3 unspecified atom stereocenters. The topological polar surface area (TPSA) is 82.8 Å². The molecule has 1 saturated carbocycles. The number of ether oxygens (including phenoxy) is 3. The number of nitrogens with two attached hydrogens (primary N) is 1. The van der Waals surface area contributed by atoms with E-state index in [-0.39, 0.29) is 24.1 Å². The molecule has 3 atom stereocenters. The van der Waals surface area contributed by atoms with Crippen molar-refractivity contribution in [2.45, 2.75) is 31.5 Å². The summed E-state index contributed by atoms with van der Waals surface area (Å²) in [6.07, 6.45) is 0.735. The summed E-state index contributed by atoms with van der Waals surface area (Å²) in [5, 5.41) is 2.92. The maximum atomic E-state index is 12.4. The lowest BCUT2D eigenvalue weighted by atomic mass is 9.83. The highest BCUT2D eigenvalue weighted by Crippen LogP contribution is 2.31. The molecule has 6 nitrogen and oxygen atoms in total. The van der Waals surface area contributed by atoms with Gasteiger partial charge in [0, 0.05) is 12.6 Å². The molecule has 0 heterocycles. The van der Waals surface area contributed by atoms with Crippen molar-refractivity contribution in [3.63, 3.8) is 0 Å². The molecule has 0 radical (unpaired) electrons. The van der Waals surface area contributed by atoms with Gasteiger partial charge < -0.3 is 25.3 Å². The monoisotopic (exact) mass is 294 g/mol. The van der Waals surface area contributed by atoms with Gasteiger partial charge in [-0.1, -0.05) is 6.07 Å². The first-order valence-corrected chi connectivity index (χ1v) is 7.01. The van der Waals surface area contributed by atoms with Crippen LogP contribution in [-0.2, 0) is 4.74 Å². The molecule has 1 aromatic rings. The van der Waals surface area contributed by atoms with Crippen LogP contribution in [0.3, 0.4) is 0 Å². The second kappa shape index (κ2) is 6.78. The van der Waals surface area contributed by atoms with Crippen molar-refractivity contribution >= 4 is 5.91 Å². The Bertz CT molecular complexity index is 504. The van der Waals surface area contributed by atoms with Crippen LogP contribution in [0.15, 0.2) is 18.2 Å². The standard InChI is InChI=1S/C15H22N2O4/c1-4-21-12-8-10(16)13(12)17-15(18)9-6-5-7-11(19-2)14(9)20-3/h5-7,10,12-13H,4,8,16H2,1-3H3,(H,17,18). The van der Waals surface area contributed by atoms with E-state index in [0.717, 1.165) is 6.42 Å². The summed E-state index contributed by atoms with van der Waals surface area (Å²) in [4.78, 5) is 12.4. The normalized spacial score (nSPS) is 24.1. The van der Waals surface area contributed by atoms with Crippen LogP contribution in [0.2, 0.25) is 0 Å². The van der Waals surface area contributed by atoms with Crippen LogP contribution in [0.4, 0.5) is 0 Å². The van der Waals surface area contributed by atoms with Crippen LogP contribution in [0.25, 0.3) is 0 Å². The minimum absolute atomic E-state index is 0.0226. The molecular weight excluding hydrogens is 272 g/mol. The Hall–Kier alpha value is -1.79. The fraction of sp³-hybridized carbons (Fsp3) is 0.533. The van der Waals surface area contributed by atoms with Crippen LogP contribution in [0, 0.1) is 0 Å². The second-order valence-corrected chi connectivity index (χ2v) is 4.93. The predicted molar refractivity (Wildman–Crippen MR) is 78.8 cm³/mol. The summed E-state index contributed by atoms with van der Waals surface area (Å²) in [6.45, 7) is 2.53. The molecule has 6 heteroatoms. The molecule has 3 N–H and O–H groups in total. The van der Waals surface area contributed by atoms with Crippen molar-refractivity contribution in [2.24, 2.45) is 5.73 Å². The predicted octanol–water partition coefficient (Wildman–Crippen LogP) is 0.938. The Morgan fingerprint density at radius 3 is 2.71 bits per heavy atom. The fourth-order valence-electron chi connectivity index (χ4n) is 2.52. The first kappa shape index (κ1) is 15.6. The van der Waals surface area contributed by atoms with E-state index in [0.29, 0.717) is 23.7 Å². The van der Waals surface area contributed by atoms with Gasteiger partial charge in [-0.2, -0.15) is 0 Å². The van der Waals surface area contributed by atoms with Crippen molar-refractivity contribution in [1.82, 2.24) is 5.32 Å². The molecule has 0 saturated heterocycles. The third-order valence-corrected chi connectivity index (χ3v) is 3.69. The van der Waals surface area contributed by atoms with Gasteiger partial charge in [-0.3, -0.25) is 4.79 Å². The van der Waals surface area contributed by atoms with E-state index < -0.39 is 0 Å². The number of methoxy groups -OCH3 is 2. The molecule has 1 amide bonds. The highest BCUT2D eigenvalue weighted by molar-refractivity contribution is 5.98. The number of rotatable bonds is 6. The Morgan fingerprint density at radius 2 is 2.14 bits per heavy atom. The first-order valence-electron chi connectivity index (χ1n) is 7.01. The van der Waals surface area contributed by atoms with Crippen LogP contribution >= 0.6 is 0 Å². The molecule has 21 heavy (non-hydrogen) atoms. The summed E-state index contributed by atoms with van der Waals surface area (Å²) in [5.41, 5.74) is 6.37. The number of benzene rings is 1. The molecule has 0 aromatic heterocycles. The Balaban J connectivity index is 2.13. The molecule has 1 aliphatic rings. The smallest absolute Gasteiger partial charge is 0.255 e. The molecular formula is C15H22N2O4. The van der Waals surface area contributed by atoms with E-state index in [1.165, 1.54) is 14.2 Å². The fourth-order valence-corrected chi connectivity index (χ4v) is 2.52. The summed E-state index contributed by atoms with van der Waals surface area (Å²) in [7, 11) is 3.04. The summed E-state index contributed by atoms with van der Waals surface area (Å²) in [6, 6.07) is 4.93. The van der Waals surface area contributed by atoms with Gasteiger partial charge in [0.2, 0.25) is 0 Å². The molecule has 0 spiro atoms. The Morgan fingerprint density at radius 1 is 1.38 bits per heavy atom. The van der Waals surface area contributed by atoms with E-state index in [4.69, 9.17) is 19.9 Å². The number of para-hydroxylation sites is 1. The number of amides is 1. The van der Waals surface area contributed by atoms with Crippen molar-refractivity contribution in [3.8, 4) is 11.5 Å². The second-order valence-electron chi connectivity index (χ2n) is 4.93. The summed E-state index contributed by atoms with van der Waals surface area (Å²) in [5.74, 6) is 0.693. The van der Waals surface area contributed by atoms with Gasteiger partial charge in [0.25, 0.3) is 5.91 Å². The van der Waals surface area contributed by atoms with E-state index in [2.05, 4.69) is 5.32 Å². The number of carbonyl (C=O) groups is 1. The van der Waals surface area contributed by atoms with Crippen molar-refractivity contribution in [2.75, 3.05) is 20.8 Å². The average Bonchev–Trinajstić information content (AvgIpc) is 2.51. The molecule has 1 fully saturated rings. The molecule has 116 valence electrons. The largest absolute Gasteiger partial charge is 0.493 e. The molecule has 0 bridgehead atoms. The van der Waals surface area contributed by atoms with Gasteiger partial charge in [-0.25, -0.2) is 0 Å². The van der Waals surface area contributed by atoms with Crippen LogP contribution in [-0.4, -0.2) is 44.9 Å². The Labute approximate surface area is 124 Å². The SMILES string of the molecule is CCOC1CC(N)C1NC(=O)c1cccc(OC)c1OC. The average molecular weight is 294 g/mol. The first-order chi connectivity index (χ1) is 10.1. The number of hydrogen-bond acceptors (Lipinski definition) is 5. The number of hydrogen-bond donors (Lipinski definition) is 2. The third kappa shape index (κ3) is 3.11. The lowest BCUT2D eigenvalue weighted by Crippen LogP contribution is -2.64. The zero-order valence-electron chi connectivity index (χ0n) is 12.6. The zero-order valence-corrected chi connectivity index (χ0v) is 12.6. The summed E-state index contributed by atoms with van der Waals surface area (Å²) < 4.78 is 16.0. The lowest BCUT2D eigenvalue weighted by molar-refractivity contribution is -0.0300. The quantitative estimate of drug-likeness (QED) is 0.816. The number of nitrogens with one attached hydrogen (secondary N) is 1. The molecule has 0 aliphatic heterocycles. The molecule has 1 aliphatic carbocycles. The Kier molecular flexibility index (Phi) is 5.03. The number of carbonyl (C=O) groups excluding carboxylic acids is 1. The van der Waals surface area contributed by atoms with Gasteiger partial charge in [0.05, 0.1) is 31.9 Å². The van der Waals surface area contributed by atoms with Gasteiger partial charge in [-0.15, -0.1) is 0 Å².